The smallest absolute Gasteiger partial charge is 0.274 e. The Morgan fingerprint density at radius 1 is 1.33 bits per heavy atom. The average Bonchev–Trinajstić information content (AvgIpc) is 2.34. The van der Waals surface area contributed by atoms with Crippen molar-refractivity contribution in [2.75, 3.05) is 5.32 Å². The molecule has 2 rings (SSSR count). The summed E-state index contributed by atoms with van der Waals surface area (Å²) in [6.07, 6.45) is 1.45. The van der Waals surface area contributed by atoms with E-state index in [2.05, 4.69) is 48.8 Å². The van der Waals surface area contributed by atoms with Crippen LogP contribution in [0.5, 0.6) is 0 Å². The first kappa shape index (κ1) is 13.8. The number of hydrogen-bond acceptors (Lipinski definition) is 2. The molecule has 0 unspecified atom stereocenters. The molecule has 0 aliphatic rings. The monoisotopic (exact) mass is 436 g/mol. The highest BCUT2D eigenvalue weighted by molar-refractivity contribution is 14.1. The first-order chi connectivity index (χ1) is 8.56. The quantitative estimate of drug-likeness (QED) is 0.710. The largest absolute Gasteiger partial charge is 0.320 e. The number of aromatic nitrogens is 1. The summed E-state index contributed by atoms with van der Waals surface area (Å²) in [6, 6.07) is 8.89. The molecule has 0 aliphatic carbocycles. The molecule has 0 fully saturated rings. The fraction of sp³-hybridized carbons (Fsp3) is 0. The summed E-state index contributed by atoms with van der Waals surface area (Å²) < 4.78 is 1.86. The summed E-state index contributed by atoms with van der Waals surface area (Å²) in [5.74, 6) is -0.261. The summed E-state index contributed by atoms with van der Waals surface area (Å²) in [7, 11) is 0. The standard InChI is InChI=1S/C12H7BrClIN2O/c13-7-1-3-9(15)11(5-7)17-12(18)10-4-2-8(14)6-16-10/h1-6H,(H,17,18). The van der Waals surface area contributed by atoms with Crippen molar-refractivity contribution in [3.05, 3.63) is 55.3 Å². The molecule has 1 amide bonds. The number of carbonyl (C=O) groups excluding carboxylic acids is 1. The number of anilines is 1. The van der Waals surface area contributed by atoms with Gasteiger partial charge in [0.2, 0.25) is 0 Å². The number of amides is 1. The summed E-state index contributed by atoms with van der Waals surface area (Å²) in [6.45, 7) is 0. The van der Waals surface area contributed by atoms with Crippen LogP contribution in [0, 0.1) is 3.57 Å². The van der Waals surface area contributed by atoms with Gasteiger partial charge in [0.15, 0.2) is 0 Å². The molecule has 0 bridgehead atoms. The molecule has 18 heavy (non-hydrogen) atoms. The maximum atomic E-state index is 12.0. The number of pyridine rings is 1. The molecular formula is C12H7BrClIN2O. The fourth-order valence-electron chi connectivity index (χ4n) is 1.29. The Morgan fingerprint density at radius 2 is 2.11 bits per heavy atom. The van der Waals surface area contributed by atoms with Crippen molar-refractivity contribution in [1.82, 2.24) is 4.98 Å². The van der Waals surface area contributed by atoms with Gasteiger partial charge in [-0.2, -0.15) is 0 Å². The van der Waals surface area contributed by atoms with Crippen molar-refractivity contribution in [3.8, 4) is 0 Å². The van der Waals surface area contributed by atoms with E-state index in [-0.39, 0.29) is 5.91 Å². The lowest BCUT2D eigenvalue weighted by atomic mass is 10.3. The first-order valence-electron chi connectivity index (χ1n) is 4.94. The van der Waals surface area contributed by atoms with Crippen LogP contribution < -0.4 is 5.32 Å². The lowest BCUT2D eigenvalue weighted by Gasteiger charge is -2.07. The van der Waals surface area contributed by atoms with Gasteiger partial charge in [0.1, 0.15) is 5.69 Å². The minimum atomic E-state index is -0.261. The van der Waals surface area contributed by atoms with Crippen molar-refractivity contribution in [2.24, 2.45) is 0 Å². The predicted molar refractivity (Wildman–Crippen MR) is 84.1 cm³/mol. The van der Waals surface area contributed by atoms with Gasteiger partial charge in [-0.05, 0) is 52.9 Å². The zero-order chi connectivity index (χ0) is 13.1. The second-order valence-corrected chi connectivity index (χ2v) is 5.95. The maximum Gasteiger partial charge on any atom is 0.274 e. The van der Waals surface area contributed by atoms with Gasteiger partial charge in [0.05, 0.1) is 10.7 Å². The molecule has 3 nitrogen and oxygen atoms in total. The molecule has 0 saturated heterocycles. The van der Waals surface area contributed by atoms with Crippen molar-refractivity contribution in [1.29, 1.82) is 0 Å². The van der Waals surface area contributed by atoms with Crippen molar-refractivity contribution in [2.45, 2.75) is 0 Å². The highest BCUT2D eigenvalue weighted by Crippen LogP contribution is 2.23. The van der Waals surface area contributed by atoms with Crippen LogP contribution in [0.15, 0.2) is 41.0 Å². The van der Waals surface area contributed by atoms with Crippen LogP contribution in [0.1, 0.15) is 10.5 Å². The normalized spacial score (nSPS) is 10.2. The number of nitrogens with zero attached hydrogens (tertiary/aromatic N) is 1. The van der Waals surface area contributed by atoms with E-state index in [1.165, 1.54) is 6.20 Å². The fourth-order valence-corrected chi connectivity index (χ4v) is 2.23. The number of halogens is 3. The van der Waals surface area contributed by atoms with Gasteiger partial charge in [0.25, 0.3) is 5.91 Å². The third-order valence-corrected chi connectivity index (χ3v) is 3.79. The second-order valence-electron chi connectivity index (χ2n) is 3.44. The van der Waals surface area contributed by atoms with Crippen molar-refractivity contribution < 1.29 is 4.79 Å². The molecule has 6 heteroatoms. The van der Waals surface area contributed by atoms with Crippen LogP contribution in [0.25, 0.3) is 0 Å². The summed E-state index contributed by atoms with van der Waals surface area (Å²) in [5, 5.41) is 3.31. The minimum absolute atomic E-state index is 0.261. The molecule has 0 saturated carbocycles. The van der Waals surface area contributed by atoms with E-state index in [0.29, 0.717) is 10.7 Å². The SMILES string of the molecule is O=C(Nc1cc(Br)ccc1I)c1ccc(Cl)cn1. The Balaban J connectivity index is 2.21. The molecule has 2 aromatic rings. The number of rotatable bonds is 2. The Labute approximate surface area is 131 Å². The molecule has 1 aromatic heterocycles. The zero-order valence-corrected chi connectivity index (χ0v) is 13.5. The van der Waals surface area contributed by atoms with Gasteiger partial charge in [-0.25, -0.2) is 4.98 Å². The van der Waals surface area contributed by atoms with Crippen LogP contribution in [-0.2, 0) is 0 Å². The first-order valence-corrected chi connectivity index (χ1v) is 7.19. The molecule has 0 atom stereocenters. The Hall–Kier alpha value is -0.660. The van der Waals surface area contributed by atoms with Crippen LogP contribution in [0.4, 0.5) is 5.69 Å². The van der Waals surface area contributed by atoms with Gasteiger partial charge >= 0.3 is 0 Å². The highest BCUT2D eigenvalue weighted by atomic mass is 127. The Bertz CT molecular complexity index is 589. The van der Waals surface area contributed by atoms with Crippen molar-refractivity contribution in [3.63, 3.8) is 0 Å². The molecule has 1 heterocycles. The second kappa shape index (κ2) is 5.99. The lowest BCUT2D eigenvalue weighted by molar-refractivity contribution is 0.102. The maximum absolute atomic E-state index is 12.0. The van der Waals surface area contributed by atoms with E-state index in [9.17, 15) is 4.79 Å². The Kier molecular flexibility index (Phi) is 4.58. The molecule has 0 aliphatic heterocycles. The van der Waals surface area contributed by atoms with Crippen LogP contribution in [0.2, 0.25) is 5.02 Å². The van der Waals surface area contributed by atoms with Gasteiger partial charge in [-0.15, -0.1) is 0 Å². The summed E-state index contributed by atoms with van der Waals surface area (Å²) in [4.78, 5) is 15.9. The number of hydrogen-bond donors (Lipinski definition) is 1. The van der Waals surface area contributed by atoms with E-state index in [0.717, 1.165) is 13.7 Å². The van der Waals surface area contributed by atoms with Crippen molar-refractivity contribution >= 4 is 61.7 Å². The van der Waals surface area contributed by atoms with Gasteiger partial charge in [0, 0.05) is 14.2 Å². The van der Waals surface area contributed by atoms with E-state index in [4.69, 9.17) is 11.6 Å². The van der Waals surface area contributed by atoms with E-state index in [1.54, 1.807) is 12.1 Å². The molecule has 92 valence electrons. The van der Waals surface area contributed by atoms with Gasteiger partial charge in [-0.3, -0.25) is 4.79 Å². The zero-order valence-electron chi connectivity index (χ0n) is 8.95. The highest BCUT2D eigenvalue weighted by Gasteiger charge is 2.09. The number of carbonyl (C=O) groups is 1. The molecular weight excluding hydrogens is 430 g/mol. The third kappa shape index (κ3) is 3.43. The molecule has 1 N–H and O–H groups in total. The molecule has 1 aromatic carbocycles. The predicted octanol–water partition coefficient (Wildman–Crippen LogP) is 4.35. The number of nitrogens with one attached hydrogen (secondary N) is 1. The van der Waals surface area contributed by atoms with Crippen LogP contribution in [-0.4, -0.2) is 10.9 Å². The lowest BCUT2D eigenvalue weighted by Crippen LogP contribution is -2.14. The van der Waals surface area contributed by atoms with Crippen LogP contribution >= 0.6 is 50.1 Å². The average molecular weight is 437 g/mol. The van der Waals surface area contributed by atoms with E-state index < -0.39 is 0 Å². The van der Waals surface area contributed by atoms with Gasteiger partial charge < -0.3 is 5.32 Å². The van der Waals surface area contributed by atoms with Crippen LogP contribution in [0.3, 0.4) is 0 Å². The Morgan fingerprint density at radius 3 is 2.78 bits per heavy atom. The third-order valence-electron chi connectivity index (χ3n) is 2.14. The topological polar surface area (TPSA) is 42.0 Å². The van der Waals surface area contributed by atoms with E-state index in [1.807, 2.05) is 18.2 Å². The number of benzene rings is 1. The summed E-state index contributed by atoms with van der Waals surface area (Å²) >= 11 is 11.2. The van der Waals surface area contributed by atoms with Gasteiger partial charge in [-0.1, -0.05) is 27.5 Å². The van der Waals surface area contributed by atoms with E-state index >= 15 is 0 Å². The molecule has 0 radical (unpaired) electrons. The molecule has 0 spiro atoms. The summed E-state index contributed by atoms with van der Waals surface area (Å²) in [5.41, 5.74) is 1.07. The minimum Gasteiger partial charge on any atom is -0.320 e.